The number of pyridine rings is 1. The van der Waals surface area contributed by atoms with Gasteiger partial charge in [-0.2, -0.15) is 13.2 Å². The first-order valence-electron chi connectivity index (χ1n) is 7.38. The molecule has 2 aliphatic rings. The van der Waals surface area contributed by atoms with E-state index in [1.807, 2.05) is 0 Å². The van der Waals surface area contributed by atoms with Crippen LogP contribution in [0, 0.1) is 5.41 Å². The highest BCUT2D eigenvalue weighted by Gasteiger charge is 2.41. The SMILES string of the molecule is Cl.FC(F)(F)c1cc(OC2CCC3(CCNCC3)C2)ccn1. The standard InChI is InChI=1S/C15H19F3N2O.ClH/c16-15(17,18)13-9-11(2-6-20-13)21-12-1-3-14(10-12)4-7-19-8-5-14;/h2,6,9,12,19H,1,3-5,7-8,10H2;1H. The van der Waals surface area contributed by atoms with E-state index in [9.17, 15) is 13.2 Å². The van der Waals surface area contributed by atoms with Crippen molar-refractivity contribution in [2.24, 2.45) is 5.41 Å². The summed E-state index contributed by atoms with van der Waals surface area (Å²) in [6.45, 7) is 2.06. The fourth-order valence-electron chi connectivity index (χ4n) is 3.50. The molecule has 22 heavy (non-hydrogen) atoms. The van der Waals surface area contributed by atoms with Gasteiger partial charge in [0.05, 0.1) is 6.10 Å². The molecular weight excluding hydrogens is 317 g/mol. The molecule has 1 aromatic heterocycles. The maximum atomic E-state index is 12.6. The second kappa shape index (κ2) is 6.62. The maximum Gasteiger partial charge on any atom is 0.433 e. The van der Waals surface area contributed by atoms with Crippen LogP contribution in [-0.2, 0) is 6.18 Å². The molecule has 2 fully saturated rings. The molecule has 7 heteroatoms. The third-order valence-corrected chi connectivity index (χ3v) is 4.65. The summed E-state index contributed by atoms with van der Waals surface area (Å²) < 4.78 is 43.7. The zero-order valence-electron chi connectivity index (χ0n) is 12.2. The lowest BCUT2D eigenvalue weighted by atomic mass is 9.77. The molecule has 1 saturated heterocycles. The number of rotatable bonds is 2. The van der Waals surface area contributed by atoms with E-state index in [-0.39, 0.29) is 24.3 Å². The molecular formula is C15H20ClF3N2O. The highest BCUT2D eigenvalue weighted by molar-refractivity contribution is 5.85. The zero-order chi connectivity index (χ0) is 14.9. The van der Waals surface area contributed by atoms with Crippen molar-refractivity contribution in [2.45, 2.75) is 44.4 Å². The van der Waals surface area contributed by atoms with Crippen molar-refractivity contribution in [2.75, 3.05) is 13.1 Å². The van der Waals surface area contributed by atoms with E-state index in [2.05, 4.69) is 10.3 Å². The van der Waals surface area contributed by atoms with Crippen molar-refractivity contribution < 1.29 is 17.9 Å². The van der Waals surface area contributed by atoms with E-state index < -0.39 is 11.9 Å². The molecule has 3 nitrogen and oxygen atoms in total. The number of alkyl halides is 3. The lowest BCUT2D eigenvalue weighted by Gasteiger charge is -2.33. The molecule has 3 rings (SSSR count). The number of nitrogens with one attached hydrogen (secondary N) is 1. The summed E-state index contributed by atoms with van der Waals surface area (Å²) in [5, 5.41) is 3.35. The van der Waals surface area contributed by atoms with Crippen LogP contribution in [0.5, 0.6) is 5.75 Å². The van der Waals surface area contributed by atoms with Crippen molar-refractivity contribution in [3.63, 3.8) is 0 Å². The largest absolute Gasteiger partial charge is 0.490 e. The van der Waals surface area contributed by atoms with Gasteiger partial charge in [-0.15, -0.1) is 12.4 Å². The Morgan fingerprint density at radius 2 is 1.95 bits per heavy atom. The molecule has 1 aliphatic carbocycles. The Kier molecular flexibility index (Phi) is 5.22. The Hall–Kier alpha value is -1.01. The summed E-state index contributed by atoms with van der Waals surface area (Å²) in [6.07, 6.45) is 2.00. The highest BCUT2D eigenvalue weighted by Crippen LogP contribution is 2.46. The van der Waals surface area contributed by atoms with Gasteiger partial charge < -0.3 is 10.1 Å². The molecule has 2 heterocycles. The van der Waals surface area contributed by atoms with Crippen LogP contribution in [0.4, 0.5) is 13.2 Å². The Balaban J connectivity index is 0.00000176. The molecule has 0 aromatic carbocycles. The number of aromatic nitrogens is 1. The van der Waals surface area contributed by atoms with Crippen molar-refractivity contribution in [1.29, 1.82) is 0 Å². The zero-order valence-corrected chi connectivity index (χ0v) is 13.0. The second-order valence-electron chi connectivity index (χ2n) is 6.11. The van der Waals surface area contributed by atoms with Crippen LogP contribution < -0.4 is 10.1 Å². The normalized spacial score (nSPS) is 24.0. The number of hydrogen-bond donors (Lipinski definition) is 1. The summed E-state index contributed by atoms with van der Waals surface area (Å²) >= 11 is 0. The van der Waals surface area contributed by atoms with Crippen molar-refractivity contribution in [3.8, 4) is 5.75 Å². The van der Waals surface area contributed by atoms with E-state index in [4.69, 9.17) is 4.74 Å². The molecule has 124 valence electrons. The van der Waals surface area contributed by atoms with Gasteiger partial charge in [-0.05, 0) is 56.7 Å². The van der Waals surface area contributed by atoms with Crippen molar-refractivity contribution in [1.82, 2.24) is 10.3 Å². The quantitative estimate of drug-likeness (QED) is 0.891. The maximum absolute atomic E-state index is 12.6. The van der Waals surface area contributed by atoms with Gasteiger partial charge in [-0.3, -0.25) is 4.98 Å². The summed E-state index contributed by atoms with van der Waals surface area (Å²) in [5.74, 6) is 0.272. The van der Waals surface area contributed by atoms with Crippen LogP contribution in [-0.4, -0.2) is 24.2 Å². The molecule has 1 spiro atoms. The first-order valence-corrected chi connectivity index (χ1v) is 7.38. The van der Waals surface area contributed by atoms with E-state index in [0.717, 1.165) is 57.5 Å². The second-order valence-corrected chi connectivity index (χ2v) is 6.11. The Morgan fingerprint density at radius 3 is 2.64 bits per heavy atom. The Bertz CT molecular complexity index is 504. The average molecular weight is 337 g/mol. The van der Waals surface area contributed by atoms with Crippen LogP contribution in [0.25, 0.3) is 0 Å². The summed E-state index contributed by atoms with van der Waals surface area (Å²) in [4.78, 5) is 3.36. The average Bonchev–Trinajstić information content (AvgIpc) is 2.81. The van der Waals surface area contributed by atoms with Crippen molar-refractivity contribution >= 4 is 12.4 Å². The minimum atomic E-state index is -4.43. The molecule has 1 N–H and O–H groups in total. The Labute approximate surface area is 134 Å². The van der Waals surface area contributed by atoms with Crippen LogP contribution in [0.2, 0.25) is 0 Å². The lowest BCUT2D eigenvalue weighted by molar-refractivity contribution is -0.141. The van der Waals surface area contributed by atoms with Gasteiger partial charge >= 0.3 is 6.18 Å². The fourth-order valence-corrected chi connectivity index (χ4v) is 3.50. The summed E-state index contributed by atoms with van der Waals surface area (Å²) in [5.41, 5.74) is -0.565. The van der Waals surface area contributed by atoms with Crippen LogP contribution >= 0.6 is 12.4 Å². The van der Waals surface area contributed by atoms with Gasteiger partial charge in [-0.1, -0.05) is 0 Å². The smallest absolute Gasteiger partial charge is 0.433 e. The predicted octanol–water partition coefficient (Wildman–Crippen LogP) is 3.82. The third-order valence-electron chi connectivity index (χ3n) is 4.65. The minimum absolute atomic E-state index is 0. The number of nitrogens with zero attached hydrogens (tertiary/aromatic N) is 1. The first-order chi connectivity index (χ1) is 9.97. The molecule has 1 atom stereocenters. The highest BCUT2D eigenvalue weighted by atomic mass is 35.5. The third kappa shape index (κ3) is 3.84. The first kappa shape index (κ1) is 17.3. The summed E-state index contributed by atoms with van der Waals surface area (Å²) in [6, 6.07) is 2.50. The Morgan fingerprint density at radius 1 is 1.23 bits per heavy atom. The van der Waals surface area contributed by atoms with Gasteiger partial charge in [-0.25, -0.2) is 0 Å². The molecule has 0 radical (unpaired) electrons. The topological polar surface area (TPSA) is 34.1 Å². The lowest BCUT2D eigenvalue weighted by Crippen LogP contribution is -2.35. The van der Waals surface area contributed by atoms with E-state index in [0.29, 0.717) is 5.41 Å². The van der Waals surface area contributed by atoms with Crippen LogP contribution in [0.1, 0.15) is 37.8 Å². The molecule has 1 unspecified atom stereocenters. The molecule has 0 amide bonds. The van der Waals surface area contributed by atoms with E-state index in [1.165, 1.54) is 6.07 Å². The van der Waals surface area contributed by atoms with Crippen molar-refractivity contribution in [3.05, 3.63) is 24.0 Å². The summed E-state index contributed by atoms with van der Waals surface area (Å²) in [7, 11) is 0. The number of halogens is 4. The predicted molar refractivity (Wildman–Crippen MR) is 79.3 cm³/mol. The number of hydrogen-bond acceptors (Lipinski definition) is 3. The van der Waals surface area contributed by atoms with E-state index in [1.54, 1.807) is 0 Å². The molecule has 1 saturated carbocycles. The van der Waals surface area contributed by atoms with Gasteiger partial charge in [0.15, 0.2) is 0 Å². The van der Waals surface area contributed by atoms with Gasteiger partial charge in [0.1, 0.15) is 11.4 Å². The van der Waals surface area contributed by atoms with Gasteiger partial charge in [0, 0.05) is 12.3 Å². The van der Waals surface area contributed by atoms with E-state index >= 15 is 0 Å². The monoisotopic (exact) mass is 336 g/mol. The number of piperidine rings is 1. The number of ether oxygens (including phenoxy) is 1. The van der Waals surface area contributed by atoms with Gasteiger partial charge in [0.25, 0.3) is 0 Å². The molecule has 1 aliphatic heterocycles. The van der Waals surface area contributed by atoms with Crippen LogP contribution in [0.3, 0.4) is 0 Å². The minimum Gasteiger partial charge on any atom is -0.490 e. The van der Waals surface area contributed by atoms with Gasteiger partial charge in [0.2, 0.25) is 0 Å². The van der Waals surface area contributed by atoms with Crippen LogP contribution in [0.15, 0.2) is 18.3 Å². The fraction of sp³-hybridized carbons (Fsp3) is 0.667. The molecule has 1 aromatic rings. The molecule has 0 bridgehead atoms.